The number of rotatable bonds is 3. The fourth-order valence-electron chi connectivity index (χ4n) is 1.11. The molecular formula is C7H7F3N4O3. The highest BCUT2D eigenvalue weighted by molar-refractivity contribution is 5.51. The number of aromatic nitrogens is 1. The molecule has 0 amide bonds. The summed E-state index contributed by atoms with van der Waals surface area (Å²) in [5.74, 6) is -2.14. The van der Waals surface area contributed by atoms with E-state index in [0.29, 0.717) is 0 Å². The van der Waals surface area contributed by atoms with Crippen molar-refractivity contribution in [3.8, 4) is 5.75 Å². The van der Waals surface area contributed by atoms with Gasteiger partial charge in [-0.1, -0.05) is 0 Å². The van der Waals surface area contributed by atoms with E-state index in [1.807, 2.05) is 0 Å². The summed E-state index contributed by atoms with van der Waals surface area (Å²) < 4.78 is 39.7. The summed E-state index contributed by atoms with van der Waals surface area (Å²) >= 11 is 0. The Morgan fingerprint density at radius 2 is 2.12 bits per heavy atom. The number of ether oxygens (including phenoxy) is 1. The molecule has 0 atom stereocenters. The number of nitrogens with zero attached hydrogens (tertiary/aromatic N) is 2. The average Bonchev–Trinajstić information content (AvgIpc) is 2.14. The van der Waals surface area contributed by atoms with Gasteiger partial charge in [0, 0.05) is 12.6 Å². The largest absolute Gasteiger partial charge is 0.573 e. The number of nitrogens with two attached hydrogens (primary N) is 2. The molecule has 0 bridgehead atoms. The molecule has 0 fully saturated rings. The van der Waals surface area contributed by atoms with Crippen molar-refractivity contribution < 1.29 is 22.8 Å². The zero-order chi connectivity index (χ0) is 13.2. The molecule has 0 unspecified atom stereocenters. The van der Waals surface area contributed by atoms with Crippen LogP contribution in [0.3, 0.4) is 0 Å². The normalized spacial score (nSPS) is 11.3. The molecule has 1 aromatic heterocycles. The fourth-order valence-corrected chi connectivity index (χ4v) is 1.11. The molecule has 0 aliphatic heterocycles. The smallest absolute Gasteiger partial charge is 0.405 e. The summed E-state index contributed by atoms with van der Waals surface area (Å²) in [5.41, 5.74) is 9.79. The number of alkyl halides is 3. The SMILES string of the molecule is NCc1c(OC(F)(F)F)cc(N)nc1[N+](=O)[O-]. The Balaban J connectivity index is 3.33. The number of hydrogen-bond donors (Lipinski definition) is 2. The molecule has 0 aliphatic rings. The molecule has 0 aromatic carbocycles. The van der Waals surface area contributed by atoms with Crippen LogP contribution in [-0.2, 0) is 6.54 Å². The topological polar surface area (TPSA) is 117 Å². The second-order valence-electron chi connectivity index (χ2n) is 2.86. The minimum Gasteiger partial charge on any atom is -0.405 e. The lowest BCUT2D eigenvalue weighted by Crippen LogP contribution is -2.20. The highest BCUT2D eigenvalue weighted by Gasteiger charge is 2.34. The van der Waals surface area contributed by atoms with Gasteiger partial charge in [0.05, 0.1) is 0 Å². The van der Waals surface area contributed by atoms with Crippen LogP contribution in [-0.4, -0.2) is 16.3 Å². The lowest BCUT2D eigenvalue weighted by Gasteiger charge is -2.11. The van der Waals surface area contributed by atoms with Gasteiger partial charge in [-0.2, -0.15) is 0 Å². The molecule has 0 saturated carbocycles. The molecule has 0 aliphatic carbocycles. The number of hydrogen-bond acceptors (Lipinski definition) is 6. The predicted molar refractivity (Wildman–Crippen MR) is 49.9 cm³/mol. The molecule has 1 heterocycles. The Morgan fingerprint density at radius 1 is 1.53 bits per heavy atom. The zero-order valence-electron chi connectivity index (χ0n) is 8.19. The first-order valence-corrected chi connectivity index (χ1v) is 4.14. The number of pyridine rings is 1. The monoisotopic (exact) mass is 252 g/mol. The number of nitro groups is 1. The fraction of sp³-hybridized carbons (Fsp3) is 0.286. The van der Waals surface area contributed by atoms with Gasteiger partial charge in [-0.25, -0.2) is 0 Å². The quantitative estimate of drug-likeness (QED) is 0.610. The van der Waals surface area contributed by atoms with Crippen molar-refractivity contribution in [2.24, 2.45) is 5.73 Å². The van der Waals surface area contributed by atoms with Crippen molar-refractivity contribution in [1.82, 2.24) is 4.98 Å². The van der Waals surface area contributed by atoms with Gasteiger partial charge in [0.1, 0.15) is 11.3 Å². The molecule has 4 N–H and O–H groups in total. The van der Waals surface area contributed by atoms with Crippen molar-refractivity contribution >= 4 is 11.6 Å². The highest BCUT2D eigenvalue weighted by Crippen LogP contribution is 2.32. The number of anilines is 1. The minimum absolute atomic E-state index is 0.465. The maximum atomic E-state index is 12.0. The standard InChI is InChI=1S/C7H7F3N4O3/c8-7(9,10)17-4-1-5(12)13-6(14(15)16)3(4)2-11/h1H,2,11H2,(H2,12,13). The van der Waals surface area contributed by atoms with Crippen LogP contribution in [0.25, 0.3) is 0 Å². The third kappa shape index (κ3) is 3.17. The summed E-state index contributed by atoms with van der Waals surface area (Å²) in [4.78, 5) is 12.8. The van der Waals surface area contributed by atoms with E-state index in [2.05, 4.69) is 9.72 Å². The molecule has 94 valence electrons. The van der Waals surface area contributed by atoms with Crippen LogP contribution < -0.4 is 16.2 Å². The van der Waals surface area contributed by atoms with E-state index in [-0.39, 0.29) is 0 Å². The third-order valence-electron chi connectivity index (χ3n) is 1.68. The van der Waals surface area contributed by atoms with Crippen LogP contribution in [0, 0.1) is 10.1 Å². The van der Waals surface area contributed by atoms with Crippen LogP contribution in [0.2, 0.25) is 0 Å². The Hall–Kier alpha value is -2.10. The van der Waals surface area contributed by atoms with Crippen LogP contribution >= 0.6 is 0 Å². The van der Waals surface area contributed by atoms with Gasteiger partial charge in [0.25, 0.3) is 0 Å². The molecule has 0 saturated heterocycles. The van der Waals surface area contributed by atoms with E-state index in [1.165, 1.54) is 0 Å². The van der Waals surface area contributed by atoms with Gasteiger partial charge in [-0.15, -0.1) is 13.2 Å². The zero-order valence-corrected chi connectivity index (χ0v) is 8.19. The van der Waals surface area contributed by atoms with Crippen LogP contribution in [0.5, 0.6) is 5.75 Å². The van der Waals surface area contributed by atoms with Crippen molar-refractivity contribution in [1.29, 1.82) is 0 Å². The van der Waals surface area contributed by atoms with Crippen molar-refractivity contribution in [3.05, 3.63) is 21.7 Å². The number of nitrogen functional groups attached to an aromatic ring is 1. The van der Waals surface area contributed by atoms with Gasteiger partial charge < -0.3 is 26.3 Å². The maximum Gasteiger partial charge on any atom is 0.573 e. The van der Waals surface area contributed by atoms with Gasteiger partial charge in [-0.05, 0) is 9.91 Å². The maximum absolute atomic E-state index is 12.0. The Morgan fingerprint density at radius 3 is 2.53 bits per heavy atom. The Bertz CT molecular complexity index is 449. The van der Waals surface area contributed by atoms with Crippen molar-refractivity contribution in [2.45, 2.75) is 12.9 Å². The van der Waals surface area contributed by atoms with E-state index in [9.17, 15) is 23.3 Å². The van der Waals surface area contributed by atoms with Gasteiger partial charge >= 0.3 is 12.2 Å². The second-order valence-corrected chi connectivity index (χ2v) is 2.86. The molecule has 10 heteroatoms. The molecule has 1 aromatic rings. The van der Waals surface area contributed by atoms with E-state index in [0.717, 1.165) is 6.07 Å². The Kier molecular flexibility index (Phi) is 3.36. The second kappa shape index (κ2) is 4.41. The summed E-state index contributed by atoms with van der Waals surface area (Å²) in [6.45, 7) is -0.533. The number of halogens is 3. The first-order valence-electron chi connectivity index (χ1n) is 4.14. The van der Waals surface area contributed by atoms with Crippen LogP contribution in [0.15, 0.2) is 6.07 Å². The molecule has 7 nitrogen and oxygen atoms in total. The van der Waals surface area contributed by atoms with Crippen LogP contribution in [0.1, 0.15) is 5.56 Å². The minimum atomic E-state index is -4.99. The van der Waals surface area contributed by atoms with E-state index in [1.54, 1.807) is 0 Å². The van der Waals surface area contributed by atoms with Gasteiger partial charge in [-0.3, -0.25) is 0 Å². The van der Waals surface area contributed by atoms with Gasteiger partial charge in [0.2, 0.25) is 5.82 Å². The average molecular weight is 252 g/mol. The van der Waals surface area contributed by atoms with Crippen molar-refractivity contribution in [2.75, 3.05) is 5.73 Å². The van der Waals surface area contributed by atoms with Crippen molar-refractivity contribution in [3.63, 3.8) is 0 Å². The molecule has 0 radical (unpaired) electrons. The van der Waals surface area contributed by atoms with E-state index >= 15 is 0 Å². The molecular weight excluding hydrogens is 245 g/mol. The summed E-state index contributed by atoms with van der Waals surface area (Å²) in [6.07, 6.45) is -4.99. The molecule has 0 spiro atoms. The van der Waals surface area contributed by atoms with E-state index < -0.39 is 40.8 Å². The molecule has 1 rings (SSSR count). The molecule has 17 heavy (non-hydrogen) atoms. The van der Waals surface area contributed by atoms with Gasteiger partial charge in [0.15, 0.2) is 0 Å². The Labute approximate surface area is 92.3 Å². The first-order chi connectivity index (χ1) is 7.74. The summed E-state index contributed by atoms with van der Waals surface area (Å²) in [5, 5.41) is 10.5. The highest BCUT2D eigenvalue weighted by atomic mass is 19.4. The van der Waals surface area contributed by atoms with E-state index in [4.69, 9.17) is 11.5 Å². The summed E-state index contributed by atoms with van der Waals surface area (Å²) in [7, 11) is 0. The van der Waals surface area contributed by atoms with Crippen LogP contribution in [0.4, 0.5) is 24.8 Å². The lowest BCUT2D eigenvalue weighted by atomic mass is 10.2. The summed E-state index contributed by atoms with van der Waals surface area (Å²) in [6, 6.07) is 0.725. The third-order valence-corrected chi connectivity index (χ3v) is 1.68. The predicted octanol–water partition coefficient (Wildman–Crippen LogP) is 0.929. The first kappa shape index (κ1) is 13.0. The lowest BCUT2D eigenvalue weighted by molar-refractivity contribution is -0.390.